The van der Waals surface area contributed by atoms with Crippen LogP contribution in [0.4, 0.5) is 10.1 Å². The van der Waals surface area contributed by atoms with Crippen molar-refractivity contribution in [1.29, 1.82) is 0 Å². The van der Waals surface area contributed by atoms with Crippen LogP contribution in [0.5, 0.6) is 0 Å². The van der Waals surface area contributed by atoms with Crippen LogP contribution in [0.1, 0.15) is 22.3 Å². The highest BCUT2D eigenvalue weighted by atomic mass is 32.2. The second kappa shape index (κ2) is 5.48. The van der Waals surface area contributed by atoms with Crippen LogP contribution in [0.25, 0.3) is 0 Å². The van der Waals surface area contributed by atoms with E-state index >= 15 is 0 Å². The lowest BCUT2D eigenvalue weighted by molar-refractivity contribution is 0.590. The minimum atomic E-state index is -3.61. The number of sulfone groups is 1. The number of hydrogen-bond acceptors (Lipinski definition) is 3. The Hall–Kier alpha value is -1.88. The van der Waals surface area contributed by atoms with Crippen LogP contribution in [-0.4, -0.2) is 8.42 Å². The van der Waals surface area contributed by atoms with E-state index < -0.39 is 15.7 Å². The molecule has 0 aromatic heterocycles. The fraction of sp³-hybridized carbons (Fsp3) is 0.250. The van der Waals surface area contributed by atoms with E-state index in [0.29, 0.717) is 0 Å². The molecule has 21 heavy (non-hydrogen) atoms. The number of hydrogen-bond donors (Lipinski definition) is 1. The lowest BCUT2D eigenvalue weighted by Crippen LogP contribution is -2.09. The standard InChI is InChI=1S/C16H18FNO2S/c1-10-6-11(2)14(12(3)7-10)9-21(19,20)13-4-5-16(18)15(17)8-13/h4-8H,9,18H2,1-3H3. The number of rotatable bonds is 3. The van der Waals surface area contributed by atoms with E-state index in [2.05, 4.69) is 0 Å². The molecule has 0 spiro atoms. The third-order valence-corrected chi connectivity index (χ3v) is 5.15. The first-order valence-corrected chi connectivity index (χ1v) is 8.20. The van der Waals surface area contributed by atoms with Crippen LogP contribution in [0.15, 0.2) is 35.2 Å². The van der Waals surface area contributed by atoms with Gasteiger partial charge < -0.3 is 5.73 Å². The molecule has 2 N–H and O–H groups in total. The van der Waals surface area contributed by atoms with Gasteiger partial charge in [0.25, 0.3) is 0 Å². The van der Waals surface area contributed by atoms with Crippen molar-refractivity contribution in [2.75, 3.05) is 5.73 Å². The summed E-state index contributed by atoms with van der Waals surface area (Å²) in [6.45, 7) is 5.73. The first-order valence-electron chi connectivity index (χ1n) is 6.55. The van der Waals surface area contributed by atoms with Gasteiger partial charge in [-0.1, -0.05) is 17.7 Å². The van der Waals surface area contributed by atoms with E-state index in [0.717, 1.165) is 28.3 Å². The predicted molar refractivity (Wildman–Crippen MR) is 82.4 cm³/mol. The predicted octanol–water partition coefficient (Wildman–Crippen LogP) is 3.31. The number of aryl methyl sites for hydroxylation is 3. The van der Waals surface area contributed by atoms with Crippen molar-refractivity contribution in [1.82, 2.24) is 0 Å². The van der Waals surface area contributed by atoms with Crippen molar-refractivity contribution in [3.8, 4) is 0 Å². The summed E-state index contributed by atoms with van der Waals surface area (Å²) in [4.78, 5) is -0.0476. The maximum absolute atomic E-state index is 13.5. The summed E-state index contributed by atoms with van der Waals surface area (Å²) in [5, 5.41) is 0. The SMILES string of the molecule is Cc1cc(C)c(CS(=O)(=O)c2ccc(N)c(F)c2)c(C)c1. The van der Waals surface area contributed by atoms with Gasteiger partial charge in [0, 0.05) is 0 Å². The maximum atomic E-state index is 13.5. The molecule has 0 bridgehead atoms. The van der Waals surface area contributed by atoms with Crippen LogP contribution < -0.4 is 5.73 Å². The smallest absolute Gasteiger partial charge is 0.182 e. The van der Waals surface area contributed by atoms with Crippen molar-refractivity contribution in [3.63, 3.8) is 0 Å². The molecule has 0 saturated heterocycles. The molecule has 0 atom stereocenters. The fourth-order valence-corrected chi connectivity index (χ4v) is 3.97. The third-order valence-electron chi connectivity index (χ3n) is 3.51. The van der Waals surface area contributed by atoms with Gasteiger partial charge in [-0.15, -0.1) is 0 Å². The largest absolute Gasteiger partial charge is 0.396 e. The van der Waals surface area contributed by atoms with Crippen LogP contribution >= 0.6 is 0 Å². The van der Waals surface area contributed by atoms with Gasteiger partial charge in [-0.2, -0.15) is 0 Å². The van der Waals surface area contributed by atoms with Crippen molar-refractivity contribution in [2.24, 2.45) is 0 Å². The monoisotopic (exact) mass is 307 g/mol. The van der Waals surface area contributed by atoms with E-state index in [1.807, 2.05) is 32.9 Å². The van der Waals surface area contributed by atoms with E-state index in [4.69, 9.17) is 5.73 Å². The Bertz CT molecular complexity index is 775. The van der Waals surface area contributed by atoms with Gasteiger partial charge in [0.05, 0.1) is 16.3 Å². The zero-order valence-corrected chi connectivity index (χ0v) is 13.1. The summed E-state index contributed by atoms with van der Waals surface area (Å²) in [5.41, 5.74) is 9.02. The maximum Gasteiger partial charge on any atom is 0.182 e. The molecule has 0 heterocycles. The van der Waals surface area contributed by atoms with Gasteiger partial charge in [0.2, 0.25) is 0 Å². The zero-order chi connectivity index (χ0) is 15.8. The lowest BCUT2D eigenvalue weighted by atomic mass is 10.0. The second-order valence-corrected chi connectivity index (χ2v) is 7.31. The second-order valence-electron chi connectivity index (χ2n) is 5.32. The van der Waals surface area contributed by atoms with Crippen molar-refractivity contribution in [3.05, 3.63) is 58.4 Å². The molecule has 112 valence electrons. The molecule has 0 aliphatic carbocycles. The molecule has 0 unspecified atom stereocenters. The molecular formula is C16H18FNO2S. The van der Waals surface area contributed by atoms with E-state index in [1.165, 1.54) is 12.1 Å². The molecular weight excluding hydrogens is 289 g/mol. The van der Waals surface area contributed by atoms with Crippen molar-refractivity contribution < 1.29 is 12.8 Å². The molecule has 0 aliphatic rings. The molecule has 0 radical (unpaired) electrons. The van der Waals surface area contributed by atoms with Crippen LogP contribution in [0.2, 0.25) is 0 Å². The van der Waals surface area contributed by atoms with E-state index in [1.54, 1.807) is 0 Å². The zero-order valence-electron chi connectivity index (χ0n) is 12.3. The summed E-state index contributed by atoms with van der Waals surface area (Å²) in [5.74, 6) is -0.859. The highest BCUT2D eigenvalue weighted by Gasteiger charge is 2.19. The van der Waals surface area contributed by atoms with E-state index in [-0.39, 0.29) is 16.3 Å². The number of anilines is 1. The number of benzene rings is 2. The summed E-state index contributed by atoms with van der Waals surface area (Å²) >= 11 is 0. The van der Waals surface area contributed by atoms with Gasteiger partial charge >= 0.3 is 0 Å². The fourth-order valence-electron chi connectivity index (χ4n) is 2.41. The Morgan fingerprint density at radius 1 is 1.05 bits per heavy atom. The molecule has 0 saturated carbocycles. The van der Waals surface area contributed by atoms with Gasteiger partial charge in [0.1, 0.15) is 5.82 Å². The number of halogens is 1. The van der Waals surface area contributed by atoms with Crippen LogP contribution in [0, 0.1) is 26.6 Å². The topological polar surface area (TPSA) is 60.2 Å². The average molecular weight is 307 g/mol. The third kappa shape index (κ3) is 3.24. The molecule has 3 nitrogen and oxygen atoms in total. The minimum Gasteiger partial charge on any atom is -0.396 e. The van der Waals surface area contributed by atoms with Gasteiger partial charge in [-0.3, -0.25) is 0 Å². The lowest BCUT2D eigenvalue weighted by Gasteiger charge is -2.12. The van der Waals surface area contributed by atoms with Crippen molar-refractivity contribution in [2.45, 2.75) is 31.4 Å². The molecule has 2 rings (SSSR count). The van der Waals surface area contributed by atoms with Gasteiger partial charge in [-0.25, -0.2) is 12.8 Å². The first kappa shape index (κ1) is 15.5. The van der Waals surface area contributed by atoms with Crippen LogP contribution in [0.3, 0.4) is 0 Å². The first-order chi connectivity index (χ1) is 9.70. The average Bonchev–Trinajstić information content (AvgIpc) is 2.37. The highest BCUT2D eigenvalue weighted by molar-refractivity contribution is 7.90. The summed E-state index contributed by atoms with van der Waals surface area (Å²) in [7, 11) is -3.61. The highest BCUT2D eigenvalue weighted by Crippen LogP contribution is 2.24. The molecule has 2 aromatic rings. The molecule has 5 heteroatoms. The van der Waals surface area contributed by atoms with Crippen LogP contribution in [-0.2, 0) is 15.6 Å². The minimum absolute atomic E-state index is 0.0476. The molecule has 0 aliphatic heterocycles. The quantitative estimate of drug-likeness (QED) is 0.885. The Kier molecular flexibility index (Phi) is 4.05. The Morgan fingerprint density at radius 2 is 1.62 bits per heavy atom. The van der Waals surface area contributed by atoms with Gasteiger partial charge in [-0.05, 0) is 55.7 Å². The summed E-state index contributed by atoms with van der Waals surface area (Å²) in [6, 6.07) is 7.48. The molecule has 0 fully saturated rings. The summed E-state index contributed by atoms with van der Waals surface area (Å²) in [6.07, 6.45) is 0. The Labute approximate surface area is 124 Å². The number of nitrogens with two attached hydrogens (primary N) is 1. The van der Waals surface area contributed by atoms with Crippen molar-refractivity contribution >= 4 is 15.5 Å². The number of nitrogen functional groups attached to an aromatic ring is 1. The summed E-state index contributed by atoms with van der Waals surface area (Å²) < 4.78 is 38.4. The van der Waals surface area contributed by atoms with E-state index in [9.17, 15) is 12.8 Å². The molecule has 2 aromatic carbocycles. The van der Waals surface area contributed by atoms with Gasteiger partial charge in [0.15, 0.2) is 9.84 Å². The normalized spacial score (nSPS) is 11.6. The molecule has 0 amide bonds. The Morgan fingerprint density at radius 3 is 2.14 bits per heavy atom. The Balaban J connectivity index is 2.44.